The number of rotatable bonds is 8. The minimum atomic E-state index is -0.108. The van der Waals surface area contributed by atoms with Crippen LogP contribution in [0.2, 0.25) is 0 Å². The molecule has 1 aliphatic heterocycles. The Hall–Kier alpha value is -1.27. The van der Waals surface area contributed by atoms with Gasteiger partial charge in [-0.3, -0.25) is 9.80 Å². The second-order valence-corrected chi connectivity index (χ2v) is 7.64. The predicted octanol–water partition coefficient (Wildman–Crippen LogP) is 3.92. The Morgan fingerprint density at radius 1 is 1.16 bits per heavy atom. The van der Waals surface area contributed by atoms with Gasteiger partial charge in [0.2, 0.25) is 0 Å². The molecule has 3 nitrogen and oxygen atoms in total. The largest absolute Gasteiger partial charge is 0.379 e. The molecule has 25 heavy (non-hydrogen) atoms. The van der Waals surface area contributed by atoms with Crippen molar-refractivity contribution < 1.29 is 9.13 Å². The van der Waals surface area contributed by atoms with E-state index in [0.29, 0.717) is 6.54 Å². The fourth-order valence-corrected chi connectivity index (χ4v) is 4.14. The Morgan fingerprint density at radius 3 is 2.68 bits per heavy atom. The molecule has 3 rings (SSSR count). The van der Waals surface area contributed by atoms with Gasteiger partial charge in [-0.25, -0.2) is 4.39 Å². The van der Waals surface area contributed by atoms with E-state index in [1.54, 1.807) is 23.5 Å². The van der Waals surface area contributed by atoms with Gasteiger partial charge in [-0.2, -0.15) is 0 Å². The van der Waals surface area contributed by atoms with E-state index in [-0.39, 0.29) is 5.82 Å². The highest BCUT2D eigenvalue weighted by Crippen LogP contribution is 2.20. The average Bonchev–Trinajstić information content (AvgIpc) is 3.02. The van der Waals surface area contributed by atoms with Crippen molar-refractivity contribution in [2.45, 2.75) is 26.4 Å². The van der Waals surface area contributed by atoms with Crippen molar-refractivity contribution in [1.82, 2.24) is 9.80 Å². The summed E-state index contributed by atoms with van der Waals surface area (Å²) in [5, 5.41) is 2.14. The first kappa shape index (κ1) is 18.5. The number of halogens is 1. The van der Waals surface area contributed by atoms with Crippen molar-refractivity contribution in [2.75, 3.05) is 39.4 Å². The summed E-state index contributed by atoms with van der Waals surface area (Å²) in [6.07, 6.45) is 1.10. The zero-order valence-corrected chi connectivity index (χ0v) is 15.7. The van der Waals surface area contributed by atoms with E-state index >= 15 is 0 Å². The molecule has 0 N–H and O–H groups in total. The number of hydrogen-bond donors (Lipinski definition) is 0. The quantitative estimate of drug-likeness (QED) is 0.708. The Balaban J connectivity index is 1.59. The number of benzene rings is 1. The van der Waals surface area contributed by atoms with E-state index in [9.17, 15) is 4.39 Å². The SMILES string of the molecule is Cc1ccsc1CN(CCCN1CCOCC1)Cc1ccccc1F. The van der Waals surface area contributed by atoms with E-state index in [1.165, 1.54) is 10.4 Å². The van der Waals surface area contributed by atoms with Gasteiger partial charge in [0, 0.05) is 43.2 Å². The molecule has 136 valence electrons. The Labute approximate surface area is 154 Å². The van der Waals surface area contributed by atoms with Crippen LogP contribution in [0.3, 0.4) is 0 Å². The lowest BCUT2D eigenvalue weighted by Gasteiger charge is -2.28. The molecule has 0 atom stereocenters. The molecule has 0 radical (unpaired) electrons. The molecule has 0 unspecified atom stereocenters. The summed E-state index contributed by atoms with van der Waals surface area (Å²) in [6, 6.07) is 9.28. The van der Waals surface area contributed by atoms with Gasteiger partial charge in [0.25, 0.3) is 0 Å². The Kier molecular flexibility index (Phi) is 6.99. The third-order valence-electron chi connectivity index (χ3n) is 4.74. The molecule has 1 saturated heterocycles. The van der Waals surface area contributed by atoms with Crippen LogP contribution in [-0.4, -0.2) is 49.2 Å². The smallest absolute Gasteiger partial charge is 0.127 e. The fourth-order valence-electron chi connectivity index (χ4n) is 3.19. The molecule has 1 aromatic heterocycles. The van der Waals surface area contributed by atoms with Gasteiger partial charge in [-0.15, -0.1) is 11.3 Å². The van der Waals surface area contributed by atoms with E-state index in [0.717, 1.165) is 57.9 Å². The van der Waals surface area contributed by atoms with E-state index in [1.807, 2.05) is 12.1 Å². The first-order chi connectivity index (χ1) is 12.2. The molecule has 0 saturated carbocycles. The van der Waals surface area contributed by atoms with Crippen molar-refractivity contribution in [3.8, 4) is 0 Å². The standard InChI is InChI=1S/C20H27FN2OS/c1-17-7-14-25-20(17)16-23(15-18-5-2-3-6-19(18)21)9-4-8-22-10-12-24-13-11-22/h2-3,5-7,14H,4,8-13,15-16H2,1H3. The summed E-state index contributed by atoms with van der Waals surface area (Å²) in [7, 11) is 0. The zero-order chi connectivity index (χ0) is 17.5. The van der Waals surface area contributed by atoms with Crippen LogP contribution in [0.5, 0.6) is 0 Å². The highest BCUT2D eigenvalue weighted by atomic mass is 32.1. The van der Waals surface area contributed by atoms with Gasteiger partial charge in [-0.1, -0.05) is 18.2 Å². The Morgan fingerprint density at radius 2 is 1.96 bits per heavy atom. The average molecular weight is 363 g/mol. The van der Waals surface area contributed by atoms with Crippen molar-refractivity contribution in [1.29, 1.82) is 0 Å². The van der Waals surface area contributed by atoms with Crippen LogP contribution in [0.25, 0.3) is 0 Å². The number of ether oxygens (including phenoxy) is 1. The van der Waals surface area contributed by atoms with E-state index in [4.69, 9.17) is 4.74 Å². The first-order valence-corrected chi connectivity index (χ1v) is 9.89. The first-order valence-electron chi connectivity index (χ1n) is 9.01. The zero-order valence-electron chi connectivity index (χ0n) is 14.9. The van der Waals surface area contributed by atoms with Crippen molar-refractivity contribution in [3.63, 3.8) is 0 Å². The van der Waals surface area contributed by atoms with Gasteiger partial charge in [0.05, 0.1) is 13.2 Å². The van der Waals surface area contributed by atoms with Gasteiger partial charge in [0.1, 0.15) is 5.82 Å². The summed E-state index contributed by atoms with van der Waals surface area (Å²) >= 11 is 1.79. The molecule has 0 amide bonds. The number of aryl methyl sites for hydroxylation is 1. The minimum absolute atomic E-state index is 0.108. The number of thiophene rings is 1. The topological polar surface area (TPSA) is 15.7 Å². The predicted molar refractivity (Wildman–Crippen MR) is 101 cm³/mol. The third kappa shape index (κ3) is 5.61. The lowest BCUT2D eigenvalue weighted by molar-refractivity contribution is 0.0359. The van der Waals surface area contributed by atoms with Crippen molar-refractivity contribution in [2.24, 2.45) is 0 Å². The maximum absolute atomic E-state index is 14.1. The van der Waals surface area contributed by atoms with Gasteiger partial charge >= 0.3 is 0 Å². The van der Waals surface area contributed by atoms with Crippen LogP contribution in [-0.2, 0) is 17.8 Å². The van der Waals surface area contributed by atoms with Crippen LogP contribution in [0.15, 0.2) is 35.7 Å². The maximum atomic E-state index is 14.1. The second kappa shape index (κ2) is 9.43. The third-order valence-corrected chi connectivity index (χ3v) is 5.75. The monoisotopic (exact) mass is 362 g/mol. The molecule has 2 heterocycles. The highest BCUT2D eigenvalue weighted by Gasteiger charge is 2.14. The normalized spacial score (nSPS) is 15.8. The van der Waals surface area contributed by atoms with E-state index in [2.05, 4.69) is 28.2 Å². The highest BCUT2D eigenvalue weighted by molar-refractivity contribution is 7.10. The van der Waals surface area contributed by atoms with Gasteiger partial charge < -0.3 is 4.74 Å². The van der Waals surface area contributed by atoms with Crippen LogP contribution in [0, 0.1) is 12.7 Å². The summed E-state index contributed by atoms with van der Waals surface area (Å²) in [4.78, 5) is 6.21. The van der Waals surface area contributed by atoms with Crippen LogP contribution < -0.4 is 0 Å². The molecule has 1 aliphatic rings. The lowest BCUT2D eigenvalue weighted by Crippen LogP contribution is -2.38. The number of nitrogens with zero attached hydrogens (tertiary/aromatic N) is 2. The fraction of sp³-hybridized carbons (Fsp3) is 0.500. The van der Waals surface area contributed by atoms with Crippen LogP contribution in [0.1, 0.15) is 22.4 Å². The van der Waals surface area contributed by atoms with Gasteiger partial charge in [-0.05, 0) is 43.0 Å². The van der Waals surface area contributed by atoms with E-state index < -0.39 is 0 Å². The van der Waals surface area contributed by atoms with Crippen molar-refractivity contribution >= 4 is 11.3 Å². The Bertz CT molecular complexity index is 655. The second-order valence-electron chi connectivity index (χ2n) is 6.64. The summed E-state index contributed by atoms with van der Waals surface area (Å²) < 4.78 is 19.5. The maximum Gasteiger partial charge on any atom is 0.127 e. The van der Waals surface area contributed by atoms with Crippen LogP contribution >= 0.6 is 11.3 Å². The molecule has 0 bridgehead atoms. The molecule has 1 aromatic carbocycles. The summed E-state index contributed by atoms with van der Waals surface area (Å²) in [5.74, 6) is -0.108. The molecule has 0 spiro atoms. The lowest BCUT2D eigenvalue weighted by atomic mass is 10.2. The van der Waals surface area contributed by atoms with Gasteiger partial charge in [0.15, 0.2) is 0 Å². The molecule has 2 aromatic rings. The minimum Gasteiger partial charge on any atom is -0.379 e. The van der Waals surface area contributed by atoms with Crippen LogP contribution in [0.4, 0.5) is 4.39 Å². The molecule has 0 aliphatic carbocycles. The summed E-state index contributed by atoms with van der Waals surface area (Å²) in [5.41, 5.74) is 2.11. The molecule has 1 fully saturated rings. The number of hydrogen-bond acceptors (Lipinski definition) is 4. The molecule has 5 heteroatoms. The number of morpholine rings is 1. The summed E-state index contributed by atoms with van der Waals surface area (Å²) in [6.45, 7) is 9.49. The van der Waals surface area contributed by atoms with Crippen molar-refractivity contribution in [3.05, 3.63) is 57.5 Å². The molecular weight excluding hydrogens is 335 g/mol. The molecular formula is C20H27FN2OS.